The van der Waals surface area contributed by atoms with Crippen molar-refractivity contribution in [3.8, 4) is 11.3 Å². The monoisotopic (exact) mass is 220 g/mol. The molecule has 4 heteroatoms. The molecule has 86 valence electrons. The molecule has 16 heavy (non-hydrogen) atoms. The first kappa shape index (κ1) is 11.0. The second-order valence-corrected chi connectivity index (χ2v) is 4.10. The Kier molecular flexibility index (Phi) is 3.10. The van der Waals surface area contributed by atoms with Gasteiger partial charge in [-0.25, -0.2) is 4.98 Å². The predicted octanol–water partition coefficient (Wildman–Crippen LogP) is 2.74. The van der Waals surface area contributed by atoms with Crippen LogP contribution in [0.1, 0.15) is 25.5 Å². The van der Waals surface area contributed by atoms with Gasteiger partial charge in [0.2, 0.25) is 5.89 Å². The molecule has 0 radical (unpaired) electrons. The van der Waals surface area contributed by atoms with Gasteiger partial charge in [-0.3, -0.25) is 0 Å². The molecule has 2 heterocycles. The molecule has 0 aliphatic rings. The van der Waals surface area contributed by atoms with Gasteiger partial charge in [0, 0.05) is 6.04 Å². The van der Waals surface area contributed by atoms with Gasteiger partial charge in [-0.2, -0.15) is 0 Å². The van der Waals surface area contributed by atoms with E-state index in [1.807, 2.05) is 13.0 Å². The number of furan rings is 1. The highest BCUT2D eigenvalue weighted by molar-refractivity contribution is 5.55. The largest absolute Gasteiger partial charge is 0.469 e. The maximum Gasteiger partial charge on any atom is 0.208 e. The molecule has 0 saturated carbocycles. The van der Waals surface area contributed by atoms with E-state index in [0.717, 1.165) is 17.1 Å². The molecule has 2 aromatic rings. The molecule has 0 unspecified atom stereocenters. The molecule has 2 rings (SSSR count). The summed E-state index contributed by atoms with van der Waals surface area (Å²) in [5.74, 6) is 2.31. The summed E-state index contributed by atoms with van der Waals surface area (Å²) in [6, 6.07) is 2.35. The van der Waals surface area contributed by atoms with Gasteiger partial charge >= 0.3 is 0 Å². The second kappa shape index (κ2) is 4.53. The number of rotatable bonds is 4. The topological polar surface area (TPSA) is 51.2 Å². The lowest BCUT2D eigenvalue weighted by Crippen LogP contribution is -2.21. The Morgan fingerprint density at radius 3 is 2.88 bits per heavy atom. The van der Waals surface area contributed by atoms with Crippen molar-refractivity contribution in [1.82, 2.24) is 10.3 Å². The SMILES string of the molecule is Cc1cc(-c2cnc(CNC(C)C)o2)co1. The van der Waals surface area contributed by atoms with Crippen molar-refractivity contribution in [2.75, 3.05) is 0 Å². The summed E-state index contributed by atoms with van der Waals surface area (Å²) in [7, 11) is 0. The minimum absolute atomic E-state index is 0.423. The number of hydrogen-bond donors (Lipinski definition) is 1. The van der Waals surface area contributed by atoms with Crippen LogP contribution in [0.15, 0.2) is 27.4 Å². The molecule has 0 atom stereocenters. The molecule has 4 nitrogen and oxygen atoms in total. The molecule has 0 fully saturated rings. The molecule has 1 N–H and O–H groups in total. The lowest BCUT2D eigenvalue weighted by atomic mass is 10.3. The summed E-state index contributed by atoms with van der Waals surface area (Å²) in [6.07, 6.45) is 3.40. The molecule has 0 amide bonds. The average molecular weight is 220 g/mol. The molecule has 0 saturated heterocycles. The Hall–Kier alpha value is -1.55. The minimum atomic E-state index is 0.423. The summed E-state index contributed by atoms with van der Waals surface area (Å²) in [6.45, 7) is 6.72. The van der Waals surface area contributed by atoms with Gasteiger partial charge < -0.3 is 14.2 Å². The van der Waals surface area contributed by atoms with E-state index in [4.69, 9.17) is 8.83 Å². The van der Waals surface area contributed by atoms with Crippen molar-refractivity contribution in [2.24, 2.45) is 0 Å². The Balaban J connectivity index is 2.07. The quantitative estimate of drug-likeness (QED) is 0.860. The van der Waals surface area contributed by atoms with E-state index in [-0.39, 0.29) is 0 Å². The first-order chi connectivity index (χ1) is 7.65. The highest BCUT2D eigenvalue weighted by Crippen LogP contribution is 2.22. The number of oxazole rings is 1. The maximum atomic E-state index is 5.60. The Bertz CT molecular complexity index is 457. The highest BCUT2D eigenvalue weighted by atomic mass is 16.4. The summed E-state index contributed by atoms with van der Waals surface area (Å²) in [5, 5.41) is 3.25. The predicted molar refractivity (Wildman–Crippen MR) is 60.9 cm³/mol. The van der Waals surface area contributed by atoms with Crippen molar-refractivity contribution in [2.45, 2.75) is 33.4 Å². The van der Waals surface area contributed by atoms with Crippen LogP contribution in [0.2, 0.25) is 0 Å². The molecular formula is C12H16N2O2. The zero-order valence-electron chi connectivity index (χ0n) is 9.78. The van der Waals surface area contributed by atoms with Crippen LogP contribution in [0.3, 0.4) is 0 Å². The highest BCUT2D eigenvalue weighted by Gasteiger charge is 2.08. The van der Waals surface area contributed by atoms with E-state index in [1.165, 1.54) is 0 Å². The van der Waals surface area contributed by atoms with E-state index in [1.54, 1.807) is 12.5 Å². The first-order valence-electron chi connectivity index (χ1n) is 5.39. The molecular weight excluding hydrogens is 204 g/mol. The van der Waals surface area contributed by atoms with Crippen LogP contribution in [0.25, 0.3) is 11.3 Å². The summed E-state index contributed by atoms with van der Waals surface area (Å²) < 4.78 is 10.8. The van der Waals surface area contributed by atoms with Gasteiger partial charge in [0.05, 0.1) is 18.3 Å². The Labute approximate surface area is 94.7 Å². The van der Waals surface area contributed by atoms with Gasteiger partial charge in [0.25, 0.3) is 0 Å². The van der Waals surface area contributed by atoms with Gasteiger partial charge in [-0.15, -0.1) is 0 Å². The van der Waals surface area contributed by atoms with Crippen LogP contribution in [0.5, 0.6) is 0 Å². The number of nitrogens with one attached hydrogen (secondary N) is 1. The van der Waals surface area contributed by atoms with E-state index in [2.05, 4.69) is 24.1 Å². The third-order valence-electron chi connectivity index (χ3n) is 2.23. The van der Waals surface area contributed by atoms with Crippen LogP contribution in [0, 0.1) is 6.92 Å². The molecule has 0 aliphatic heterocycles. The van der Waals surface area contributed by atoms with Gasteiger partial charge in [-0.1, -0.05) is 13.8 Å². The molecule has 0 bridgehead atoms. The van der Waals surface area contributed by atoms with Crippen LogP contribution in [-0.4, -0.2) is 11.0 Å². The molecule has 2 aromatic heterocycles. The number of aryl methyl sites for hydroxylation is 1. The van der Waals surface area contributed by atoms with E-state index >= 15 is 0 Å². The fourth-order valence-corrected chi connectivity index (χ4v) is 1.39. The van der Waals surface area contributed by atoms with E-state index in [9.17, 15) is 0 Å². The van der Waals surface area contributed by atoms with Crippen molar-refractivity contribution < 1.29 is 8.83 Å². The third-order valence-corrected chi connectivity index (χ3v) is 2.23. The molecule has 0 aromatic carbocycles. The summed E-state index contributed by atoms with van der Waals surface area (Å²) in [5.41, 5.74) is 0.931. The van der Waals surface area contributed by atoms with Gasteiger partial charge in [-0.05, 0) is 13.0 Å². The van der Waals surface area contributed by atoms with Crippen LogP contribution < -0.4 is 5.32 Å². The number of hydrogen-bond acceptors (Lipinski definition) is 4. The zero-order valence-corrected chi connectivity index (χ0v) is 9.78. The second-order valence-electron chi connectivity index (χ2n) is 4.10. The molecule has 0 aliphatic carbocycles. The first-order valence-corrected chi connectivity index (χ1v) is 5.39. The maximum absolute atomic E-state index is 5.60. The fourth-order valence-electron chi connectivity index (χ4n) is 1.39. The zero-order chi connectivity index (χ0) is 11.5. The van der Waals surface area contributed by atoms with Crippen LogP contribution >= 0.6 is 0 Å². The lowest BCUT2D eigenvalue weighted by Gasteiger charge is -2.03. The van der Waals surface area contributed by atoms with Crippen LogP contribution in [-0.2, 0) is 6.54 Å². The van der Waals surface area contributed by atoms with Crippen molar-refractivity contribution in [1.29, 1.82) is 0 Å². The standard InChI is InChI=1S/C12H16N2O2/c1-8(2)13-6-12-14-5-11(16-12)10-4-9(3)15-7-10/h4-5,7-8,13H,6H2,1-3H3. The summed E-state index contributed by atoms with van der Waals surface area (Å²) >= 11 is 0. The smallest absolute Gasteiger partial charge is 0.208 e. The van der Waals surface area contributed by atoms with Crippen LogP contribution in [0.4, 0.5) is 0 Å². The van der Waals surface area contributed by atoms with Gasteiger partial charge in [0.1, 0.15) is 12.0 Å². The lowest BCUT2D eigenvalue weighted by molar-refractivity contribution is 0.458. The molecule has 0 spiro atoms. The fraction of sp³-hybridized carbons (Fsp3) is 0.417. The van der Waals surface area contributed by atoms with Crippen molar-refractivity contribution in [3.05, 3.63) is 30.2 Å². The third kappa shape index (κ3) is 2.52. The van der Waals surface area contributed by atoms with Crippen molar-refractivity contribution >= 4 is 0 Å². The summed E-state index contributed by atoms with van der Waals surface area (Å²) in [4.78, 5) is 4.20. The van der Waals surface area contributed by atoms with Crippen molar-refractivity contribution in [3.63, 3.8) is 0 Å². The van der Waals surface area contributed by atoms with E-state index in [0.29, 0.717) is 18.5 Å². The Morgan fingerprint density at radius 2 is 2.25 bits per heavy atom. The average Bonchev–Trinajstić information content (AvgIpc) is 2.83. The normalized spacial score (nSPS) is 11.2. The number of nitrogens with zero attached hydrogens (tertiary/aromatic N) is 1. The number of aromatic nitrogens is 1. The minimum Gasteiger partial charge on any atom is -0.469 e. The Morgan fingerprint density at radius 1 is 1.44 bits per heavy atom. The van der Waals surface area contributed by atoms with Gasteiger partial charge in [0.15, 0.2) is 5.76 Å². The van der Waals surface area contributed by atoms with E-state index < -0.39 is 0 Å².